The van der Waals surface area contributed by atoms with E-state index in [9.17, 15) is 35.1 Å². The number of hydrogen-bond acceptors (Lipinski definition) is 0. The third kappa shape index (κ3) is 1.61. The highest BCUT2D eigenvalue weighted by molar-refractivity contribution is 4.88. The summed E-state index contributed by atoms with van der Waals surface area (Å²) in [4.78, 5) is 0. The van der Waals surface area contributed by atoms with E-state index in [1.54, 1.807) is 0 Å². The van der Waals surface area contributed by atoms with E-state index in [2.05, 4.69) is 0 Å². The first kappa shape index (κ1) is 8.06. The molecule has 0 aliphatic carbocycles. The van der Waals surface area contributed by atoms with Gasteiger partial charge in [0.2, 0.25) is 0 Å². The summed E-state index contributed by atoms with van der Waals surface area (Å²) in [5, 5.41) is 0. The predicted octanol–water partition coefficient (Wildman–Crippen LogP) is 2.79. The van der Waals surface area contributed by atoms with Gasteiger partial charge in [0, 0.05) is 0 Å². The van der Waals surface area contributed by atoms with E-state index in [-0.39, 0.29) is 0 Å². The second-order valence-electron chi connectivity index (χ2n) is 1.67. The number of rotatable bonds is 3. The van der Waals surface area contributed by atoms with Crippen molar-refractivity contribution in [3.05, 3.63) is 0 Å². The lowest BCUT2D eigenvalue weighted by molar-refractivity contribution is -0.303. The van der Waals surface area contributed by atoms with Gasteiger partial charge in [0.05, 0.1) is 0 Å². The van der Waals surface area contributed by atoms with Crippen LogP contribution in [0, 0.1) is 0 Å². The predicted molar refractivity (Wildman–Crippen MR) is 21.9 cm³/mol. The average Bonchev–Trinajstić information content (AvgIpc) is 1.81. The van der Waals surface area contributed by atoms with Crippen molar-refractivity contribution in [2.24, 2.45) is 0 Å². The molecule has 0 N–H and O–H groups in total. The van der Waals surface area contributed by atoms with Crippen LogP contribution >= 0.6 is 0 Å². The van der Waals surface area contributed by atoms with Gasteiger partial charge in [-0.3, -0.25) is 0 Å². The SMILES string of the molecule is [2H]C(F)(F)C(F)(F)C(F)(F)C([2H])(F)F. The van der Waals surface area contributed by atoms with Gasteiger partial charge in [0.15, 0.2) is 0 Å². The minimum absolute atomic E-state index is 5.29. The van der Waals surface area contributed by atoms with Crippen LogP contribution in [0.1, 0.15) is 2.74 Å². The Morgan fingerprint density at radius 1 is 0.750 bits per heavy atom. The molecular formula is C4H2F8. The Kier molecular flexibility index (Phi) is 2.05. The second kappa shape index (κ2) is 3.06. The molecule has 0 radical (unpaired) electrons. The molecule has 0 saturated carbocycles. The molecule has 0 aromatic rings. The summed E-state index contributed by atoms with van der Waals surface area (Å²) in [6.45, 7) is 0. The van der Waals surface area contributed by atoms with E-state index in [0.29, 0.717) is 0 Å². The highest BCUT2D eigenvalue weighted by Gasteiger charge is 2.68. The van der Waals surface area contributed by atoms with Crippen LogP contribution in [0.2, 0.25) is 0 Å². The molecule has 0 aromatic heterocycles. The maximum absolute atomic E-state index is 11.9. The summed E-state index contributed by atoms with van der Waals surface area (Å²) in [7, 11) is 0. The molecule has 0 atom stereocenters. The summed E-state index contributed by atoms with van der Waals surface area (Å²) in [6.07, 6.45) is -12.2. The topological polar surface area (TPSA) is 0 Å². The van der Waals surface area contributed by atoms with Crippen molar-refractivity contribution in [3.8, 4) is 0 Å². The van der Waals surface area contributed by atoms with E-state index in [1.165, 1.54) is 0 Å². The van der Waals surface area contributed by atoms with Gasteiger partial charge in [0.25, 0.3) is 0 Å². The Morgan fingerprint density at radius 2 is 0.917 bits per heavy atom. The Morgan fingerprint density at radius 3 is 1.00 bits per heavy atom. The monoisotopic (exact) mass is 204 g/mol. The van der Waals surface area contributed by atoms with Gasteiger partial charge in [-0.05, 0) is 0 Å². The lowest BCUT2D eigenvalue weighted by Gasteiger charge is -2.24. The highest BCUT2D eigenvalue weighted by atomic mass is 19.4. The van der Waals surface area contributed by atoms with Crippen molar-refractivity contribution in [3.63, 3.8) is 0 Å². The number of alkyl halides is 8. The van der Waals surface area contributed by atoms with E-state index in [0.717, 1.165) is 0 Å². The van der Waals surface area contributed by atoms with Gasteiger partial charge in [-0.25, -0.2) is 17.6 Å². The molecule has 0 fully saturated rings. The molecule has 0 amide bonds. The normalized spacial score (nSPS) is 18.7. The molecule has 0 aliphatic rings. The maximum Gasteiger partial charge on any atom is 0.375 e. The molecule has 0 nitrogen and oxygen atoms in total. The second-order valence-corrected chi connectivity index (χ2v) is 1.67. The molecule has 0 saturated heterocycles. The fourth-order valence-electron chi connectivity index (χ4n) is 0.237. The standard InChI is InChI=1S/C4H2F8/c5-1(6)3(9,10)4(11,12)2(7)8/h1-2H/i1D,2D. The van der Waals surface area contributed by atoms with E-state index in [1.807, 2.05) is 0 Å². The highest BCUT2D eigenvalue weighted by Crippen LogP contribution is 2.42. The fraction of sp³-hybridized carbons (Fsp3) is 1.00. The van der Waals surface area contributed by atoms with Crippen LogP contribution in [-0.2, 0) is 0 Å². The Balaban J connectivity index is 5.30. The van der Waals surface area contributed by atoms with Crippen LogP contribution in [0.5, 0.6) is 0 Å². The Hall–Kier alpha value is -0.560. The molecule has 0 rings (SSSR count). The van der Waals surface area contributed by atoms with Crippen LogP contribution < -0.4 is 0 Å². The van der Waals surface area contributed by atoms with Crippen LogP contribution in [0.25, 0.3) is 0 Å². The smallest absolute Gasteiger partial charge is 0.203 e. The van der Waals surface area contributed by atoms with Crippen molar-refractivity contribution in [2.45, 2.75) is 24.6 Å². The lowest BCUT2D eigenvalue weighted by Crippen LogP contribution is -2.51. The molecule has 8 heteroatoms. The van der Waals surface area contributed by atoms with E-state index >= 15 is 0 Å². The molecule has 0 aromatic carbocycles. The third-order valence-electron chi connectivity index (χ3n) is 0.869. The average molecular weight is 204 g/mol. The zero-order valence-corrected chi connectivity index (χ0v) is 5.02. The number of hydrogen-bond donors (Lipinski definition) is 0. The molecule has 12 heavy (non-hydrogen) atoms. The quantitative estimate of drug-likeness (QED) is 0.620. The third-order valence-corrected chi connectivity index (χ3v) is 0.869. The summed E-state index contributed by atoms with van der Waals surface area (Å²) < 4.78 is 104. The van der Waals surface area contributed by atoms with Crippen molar-refractivity contribution in [1.82, 2.24) is 0 Å². The van der Waals surface area contributed by atoms with E-state index in [4.69, 9.17) is 2.74 Å². The first-order valence-electron chi connectivity index (χ1n) is 3.26. The largest absolute Gasteiger partial charge is 0.375 e. The summed E-state index contributed by atoms with van der Waals surface area (Å²) >= 11 is 0. The first-order valence-corrected chi connectivity index (χ1v) is 2.26. The summed E-state index contributed by atoms with van der Waals surface area (Å²) in [5.74, 6) is -13.2. The van der Waals surface area contributed by atoms with Gasteiger partial charge >= 0.3 is 24.6 Å². The maximum atomic E-state index is 11.9. The molecular weight excluding hydrogens is 200 g/mol. The van der Waals surface area contributed by atoms with Crippen LogP contribution in [0.15, 0.2) is 0 Å². The Bertz CT molecular complexity index is 188. The van der Waals surface area contributed by atoms with Crippen molar-refractivity contribution in [1.29, 1.82) is 0 Å². The molecule has 74 valence electrons. The summed E-state index contributed by atoms with van der Waals surface area (Å²) in [5.41, 5.74) is 0. The van der Waals surface area contributed by atoms with Gasteiger partial charge in [-0.1, -0.05) is 0 Å². The molecule has 0 spiro atoms. The minimum atomic E-state index is -6.62. The van der Waals surface area contributed by atoms with Crippen LogP contribution in [0.3, 0.4) is 0 Å². The van der Waals surface area contributed by atoms with E-state index < -0.39 is 24.6 Å². The van der Waals surface area contributed by atoms with Crippen molar-refractivity contribution < 1.29 is 37.9 Å². The van der Waals surface area contributed by atoms with Gasteiger partial charge in [-0.15, -0.1) is 0 Å². The molecule has 0 unspecified atom stereocenters. The summed E-state index contributed by atoms with van der Waals surface area (Å²) in [6, 6.07) is 0. The van der Waals surface area contributed by atoms with Gasteiger partial charge in [0.1, 0.15) is 2.74 Å². The van der Waals surface area contributed by atoms with Crippen LogP contribution in [0.4, 0.5) is 35.1 Å². The Labute approximate surface area is 64.0 Å². The van der Waals surface area contributed by atoms with Gasteiger partial charge < -0.3 is 0 Å². The van der Waals surface area contributed by atoms with Crippen LogP contribution in [-0.4, -0.2) is 24.6 Å². The molecule has 0 aliphatic heterocycles. The zero-order valence-electron chi connectivity index (χ0n) is 7.02. The lowest BCUT2D eigenvalue weighted by atomic mass is 10.2. The number of halogens is 8. The van der Waals surface area contributed by atoms with Gasteiger partial charge in [-0.2, -0.15) is 17.6 Å². The zero-order chi connectivity index (χ0) is 12.0. The molecule has 0 bridgehead atoms. The fourth-order valence-corrected chi connectivity index (χ4v) is 0.237. The van der Waals surface area contributed by atoms with Crippen molar-refractivity contribution >= 4 is 0 Å². The minimum Gasteiger partial charge on any atom is -0.203 e. The first-order chi connectivity index (χ1) is 5.75. The van der Waals surface area contributed by atoms with Crippen molar-refractivity contribution in [2.75, 3.05) is 0 Å². The molecule has 0 heterocycles.